The summed E-state index contributed by atoms with van der Waals surface area (Å²) in [6.07, 6.45) is 0. The molecule has 0 radical (unpaired) electrons. The summed E-state index contributed by atoms with van der Waals surface area (Å²) in [7, 11) is 0. The predicted octanol–water partition coefficient (Wildman–Crippen LogP) is 5.43. The fourth-order valence-corrected chi connectivity index (χ4v) is 3.18. The van der Waals surface area contributed by atoms with Gasteiger partial charge in [-0.2, -0.15) is 5.10 Å². The van der Waals surface area contributed by atoms with Gasteiger partial charge in [0.1, 0.15) is 5.75 Å². The van der Waals surface area contributed by atoms with Crippen LogP contribution < -0.4 is 10.2 Å². The normalized spacial score (nSPS) is 11.3. The van der Waals surface area contributed by atoms with Crippen LogP contribution in [0.15, 0.2) is 102 Å². The summed E-state index contributed by atoms with van der Waals surface area (Å²) in [4.78, 5) is 12.1. The molecular weight excluding hydrogens is 372 g/mol. The van der Waals surface area contributed by atoms with E-state index >= 15 is 0 Å². The Bertz CT molecular complexity index is 1180. The highest BCUT2D eigenvalue weighted by Gasteiger charge is 2.05. The Morgan fingerprint density at radius 1 is 0.800 bits per heavy atom. The summed E-state index contributed by atoms with van der Waals surface area (Å²) in [6.45, 7) is 1.77. The van der Waals surface area contributed by atoms with Crippen molar-refractivity contribution in [2.45, 2.75) is 6.92 Å². The zero-order valence-corrected chi connectivity index (χ0v) is 16.7. The van der Waals surface area contributed by atoms with Gasteiger partial charge in [-0.05, 0) is 46.5 Å². The van der Waals surface area contributed by atoms with Gasteiger partial charge in [-0.3, -0.25) is 4.79 Å². The molecule has 0 aliphatic heterocycles. The number of nitrogens with one attached hydrogen (secondary N) is 1. The topological polar surface area (TPSA) is 50.7 Å². The molecule has 0 bridgehead atoms. The minimum absolute atomic E-state index is 0.0952. The molecule has 0 fully saturated rings. The van der Waals surface area contributed by atoms with Gasteiger partial charge in [0.15, 0.2) is 6.61 Å². The summed E-state index contributed by atoms with van der Waals surface area (Å²) in [5.41, 5.74) is 6.54. The minimum Gasteiger partial charge on any atom is -0.484 e. The number of rotatable bonds is 6. The van der Waals surface area contributed by atoms with E-state index in [1.807, 2.05) is 91.9 Å². The van der Waals surface area contributed by atoms with Gasteiger partial charge in [0, 0.05) is 0 Å². The van der Waals surface area contributed by atoms with Crippen molar-refractivity contribution in [2.75, 3.05) is 6.61 Å². The molecule has 0 aliphatic rings. The van der Waals surface area contributed by atoms with E-state index < -0.39 is 0 Å². The van der Waals surface area contributed by atoms with Gasteiger partial charge >= 0.3 is 0 Å². The molecule has 4 rings (SSSR count). The summed E-state index contributed by atoms with van der Waals surface area (Å²) in [6, 6.07) is 32.1. The third-order valence-corrected chi connectivity index (χ3v) is 4.85. The summed E-state index contributed by atoms with van der Waals surface area (Å²) in [5.74, 6) is 0.351. The lowest BCUT2D eigenvalue weighted by Gasteiger charge is -2.07. The molecule has 4 nitrogen and oxygen atoms in total. The number of nitrogens with zero attached hydrogens (tertiary/aromatic N) is 1. The number of benzene rings is 4. The molecule has 1 amide bonds. The third kappa shape index (κ3) is 4.73. The van der Waals surface area contributed by atoms with Gasteiger partial charge in [0.2, 0.25) is 0 Å². The minimum atomic E-state index is -0.302. The van der Waals surface area contributed by atoms with Crippen molar-refractivity contribution in [3.63, 3.8) is 0 Å². The first-order valence-electron chi connectivity index (χ1n) is 9.80. The number of carbonyl (C=O) groups is 1. The largest absolute Gasteiger partial charge is 0.484 e. The molecule has 0 aromatic heterocycles. The van der Waals surface area contributed by atoms with Crippen molar-refractivity contribution in [1.29, 1.82) is 0 Å². The fourth-order valence-electron chi connectivity index (χ4n) is 3.18. The molecule has 148 valence electrons. The summed E-state index contributed by atoms with van der Waals surface area (Å²) < 4.78 is 5.60. The van der Waals surface area contributed by atoms with Crippen LogP contribution in [-0.4, -0.2) is 18.2 Å². The van der Waals surface area contributed by atoms with Crippen molar-refractivity contribution in [3.8, 4) is 16.9 Å². The van der Waals surface area contributed by atoms with Crippen LogP contribution in [0.5, 0.6) is 5.75 Å². The van der Waals surface area contributed by atoms with Crippen molar-refractivity contribution in [2.24, 2.45) is 5.10 Å². The van der Waals surface area contributed by atoms with E-state index in [9.17, 15) is 4.79 Å². The molecule has 4 aromatic rings. The molecule has 0 unspecified atom stereocenters. The maximum absolute atomic E-state index is 12.1. The van der Waals surface area contributed by atoms with Crippen molar-refractivity contribution in [3.05, 3.63) is 103 Å². The molecule has 0 saturated heterocycles. The van der Waals surface area contributed by atoms with E-state index in [-0.39, 0.29) is 12.5 Å². The predicted molar refractivity (Wildman–Crippen MR) is 122 cm³/mol. The second kappa shape index (κ2) is 9.05. The van der Waals surface area contributed by atoms with Gasteiger partial charge in [0.05, 0.1) is 5.71 Å². The van der Waals surface area contributed by atoms with E-state index in [2.05, 4.69) is 22.7 Å². The highest BCUT2D eigenvalue weighted by molar-refractivity contribution is 5.99. The standard InChI is InChI=1S/C26H22N2O2/c1-19(20-11-13-23(14-12-20)21-7-3-2-4-8-21)27-28-26(29)18-30-25-16-15-22-9-5-6-10-24(22)17-25/h2-17H,18H2,1H3,(H,28,29)/b27-19+. The molecule has 30 heavy (non-hydrogen) atoms. The lowest BCUT2D eigenvalue weighted by Crippen LogP contribution is -2.25. The van der Waals surface area contributed by atoms with Gasteiger partial charge in [-0.1, -0.05) is 84.9 Å². The van der Waals surface area contributed by atoms with Gasteiger partial charge in [-0.15, -0.1) is 0 Å². The van der Waals surface area contributed by atoms with Crippen molar-refractivity contribution < 1.29 is 9.53 Å². The fraction of sp³-hybridized carbons (Fsp3) is 0.0769. The maximum Gasteiger partial charge on any atom is 0.277 e. The lowest BCUT2D eigenvalue weighted by molar-refractivity contribution is -0.123. The van der Waals surface area contributed by atoms with E-state index in [0.29, 0.717) is 5.75 Å². The van der Waals surface area contributed by atoms with Crippen LogP contribution in [0.4, 0.5) is 0 Å². The van der Waals surface area contributed by atoms with Crippen LogP contribution in [-0.2, 0) is 4.79 Å². The first kappa shape index (κ1) is 19.4. The van der Waals surface area contributed by atoms with Crippen molar-refractivity contribution >= 4 is 22.4 Å². The van der Waals surface area contributed by atoms with Crippen LogP contribution in [0, 0.1) is 0 Å². The SMILES string of the molecule is C/C(=N\NC(=O)COc1ccc2ccccc2c1)c1ccc(-c2ccccc2)cc1. The Kier molecular flexibility index (Phi) is 5.85. The molecular formula is C26H22N2O2. The van der Waals surface area contributed by atoms with E-state index in [4.69, 9.17) is 4.74 Å². The summed E-state index contributed by atoms with van der Waals surface area (Å²) in [5, 5.41) is 6.40. The maximum atomic E-state index is 12.1. The Morgan fingerprint density at radius 3 is 2.23 bits per heavy atom. The highest BCUT2D eigenvalue weighted by atomic mass is 16.5. The van der Waals surface area contributed by atoms with Gasteiger partial charge in [0.25, 0.3) is 5.91 Å². The molecule has 4 aromatic carbocycles. The molecule has 1 N–H and O–H groups in total. The van der Waals surface area contributed by atoms with E-state index in [1.165, 1.54) is 0 Å². The Hall–Kier alpha value is -3.92. The number of hydrazone groups is 1. The molecule has 4 heteroatoms. The quantitative estimate of drug-likeness (QED) is 0.350. The molecule has 0 saturated carbocycles. The number of hydrogen-bond acceptors (Lipinski definition) is 3. The van der Waals surface area contributed by atoms with Gasteiger partial charge < -0.3 is 4.74 Å². The van der Waals surface area contributed by atoms with Crippen LogP contribution in [0.25, 0.3) is 21.9 Å². The second-order valence-electron chi connectivity index (χ2n) is 6.97. The number of ether oxygens (including phenoxy) is 1. The Morgan fingerprint density at radius 2 is 1.47 bits per heavy atom. The smallest absolute Gasteiger partial charge is 0.277 e. The average molecular weight is 394 g/mol. The van der Waals surface area contributed by atoms with Crippen LogP contribution in [0.2, 0.25) is 0 Å². The number of amides is 1. The van der Waals surface area contributed by atoms with Crippen molar-refractivity contribution in [1.82, 2.24) is 5.43 Å². The first-order chi connectivity index (χ1) is 14.7. The summed E-state index contributed by atoms with van der Waals surface area (Å²) >= 11 is 0. The van der Waals surface area contributed by atoms with Crippen LogP contribution >= 0.6 is 0 Å². The van der Waals surface area contributed by atoms with Crippen LogP contribution in [0.1, 0.15) is 12.5 Å². The van der Waals surface area contributed by atoms with Gasteiger partial charge in [-0.25, -0.2) is 5.43 Å². The Labute approximate surface area is 175 Å². The van der Waals surface area contributed by atoms with E-state index in [1.54, 1.807) is 0 Å². The first-order valence-corrected chi connectivity index (χ1v) is 9.80. The Balaban J connectivity index is 1.33. The molecule has 0 spiro atoms. The second-order valence-corrected chi connectivity index (χ2v) is 6.97. The average Bonchev–Trinajstić information content (AvgIpc) is 2.81. The zero-order valence-electron chi connectivity index (χ0n) is 16.7. The number of hydrogen-bond donors (Lipinski definition) is 1. The highest BCUT2D eigenvalue weighted by Crippen LogP contribution is 2.21. The molecule has 0 atom stereocenters. The number of carbonyl (C=O) groups excluding carboxylic acids is 1. The van der Waals surface area contributed by atoms with E-state index in [0.717, 1.165) is 33.2 Å². The molecule has 0 heterocycles. The van der Waals surface area contributed by atoms with Crippen LogP contribution in [0.3, 0.4) is 0 Å². The lowest BCUT2D eigenvalue weighted by atomic mass is 10.0. The number of fused-ring (bicyclic) bond motifs is 1. The zero-order chi connectivity index (χ0) is 20.8. The molecule has 0 aliphatic carbocycles. The monoisotopic (exact) mass is 394 g/mol. The third-order valence-electron chi connectivity index (χ3n) is 4.85.